The smallest absolute Gasteiger partial charge is 0.406 e. The number of carbonyl (C=O) groups is 1. The molecule has 2 heterocycles. The number of anilines is 1. The lowest BCUT2D eigenvalue weighted by atomic mass is 10.2. The van der Waals surface area contributed by atoms with Crippen molar-refractivity contribution < 1.29 is 27.2 Å². The molecule has 0 saturated carbocycles. The molecule has 0 fully saturated rings. The van der Waals surface area contributed by atoms with E-state index in [0.717, 1.165) is 17.0 Å². The first-order valence-corrected chi connectivity index (χ1v) is 8.29. The molecule has 0 aliphatic rings. The van der Waals surface area contributed by atoms with Crippen LogP contribution in [0.25, 0.3) is 10.7 Å². The van der Waals surface area contributed by atoms with Gasteiger partial charge in [0.05, 0.1) is 4.88 Å². The van der Waals surface area contributed by atoms with Crippen molar-refractivity contribution in [3.63, 3.8) is 0 Å². The summed E-state index contributed by atoms with van der Waals surface area (Å²) in [6, 6.07) is 8.61. The predicted molar refractivity (Wildman–Crippen MR) is 87.7 cm³/mol. The Balaban J connectivity index is 1.50. The van der Waals surface area contributed by atoms with Crippen molar-refractivity contribution in [3.8, 4) is 16.5 Å². The maximum atomic E-state index is 12.1. The lowest BCUT2D eigenvalue weighted by Gasteiger charge is -2.09. The molecular formula is C16H12F3N3O3S. The number of hydrogen-bond acceptors (Lipinski definition) is 6. The molecule has 1 amide bonds. The van der Waals surface area contributed by atoms with Gasteiger partial charge in [-0.25, -0.2) is 0 Å². The maximum Gasteiger partial charge on any atom is 0.573 e. The number of ether oxygens (including phenoxy) is 1. The van der Waals surface area contributed by atoms with Gasteiger partial charge in [0.15, 0.2) is 0 Å². The van der Waals surface area contributed by atoms with Gasteiger partial charge in [0, 0.05) is 18.5 Å². The number of hydrogen-bond donors (Lipinski definition) is 1. The van der Waals surface area contributed by atoms with Gasteiger partial charge in [0.1, 0.15) is 5.75 Å². The summed E-state index contributed by atoms with van der Waals surface area (Å²) in [7, 11) is 0. The number of aromatic nitrogens is 2. The van der Waals surface area contributed by atoms with Crippen LogP contribution in [-0.2, 0) is 11.2 Å². The summed E-state index contributed by atoms with van der Waals surface area (Å²) in [6.45, 7) is 0. The van der Waals surface area contributed by atoms with Gasteiger partial charge < -0.3 is 14.6 Å². The Morgan fingerprint density at radius 2 is 2.00 bits per heavy atom. The van der Waals surface area contributed by atoms with E-state index in [1.165, 1.54) is 23.5 Å². The predicted octanol–water partition coefficient (Wildman–Crippen LogP) is 4.27. The monoisotopic (exact) mass is 383 g/mol. The minimum absolute atomic E-state index is 0.0902. The Kier molecular flexibility index (Phi) is 5.21. The molecule has 2 aromatic heterocycles. The van der Waals surface area contributed by atoms with Crippen molar-refractivity contribution in [2.24, 2.45) is 0 Å². The largest absolute Gasteiger partial charge is 0.573 e. The molecule has 1 aromatic carbocycles. The van der Waals surface area contributed by atoms with Crippen molar-refractivity contribution in [3.05, 3.63) is 47.7 Å². The summed E-state index contributed by atoms with van der Waals surface area (Å²) in [4.78, 5) is 17.0. The standard InChI is InChI=1S/C16H12F3N3O3S/c17-16(18,19)24-11-5-3-10(4-6-11)20-13(23)7-8-14-21-15(22-25-14)12-2-1-9-26-12/h1-6,9H,7-8H2,(H,20,23). The lowest BCUT2D eigenvalue weighted by Crippen LogP contribution is -2.17. The van der Waals surface area contributed by atoms with Gasteiger partial charge in [0.25, 0.3) is 0 Å². The highest BCUT2D eigenvalue weighted by Crippen LogP contribution is 2.24. The van der Waals surface area contributed by atoms with E-state index in [9.17, 15) is 18.0 Å². The molecule has 0 bridgehead atoms. The fourth-order valence-corrected chi connectivity index (χ4v) is 2.70. The van der Waals surface area contributed by atoms with Crippen LogP contribution in [0.1, 0.15) is 12.3 Å². The normalized spacial score (nSPS) is 11.3. The van der Waals surface area contributed by atoms with E-state index in [4.69, 9.17) is 4.52 Å². The van der Waals surface area contributed by atoms with Gasteiger partial charge in [-0.3, -0.25) is 4.79 Å². The fraction of sp³-hybridized carbons (Fsp3) is 0.188. The number of alkyl halides is 3. The molecule has 136 valence electrons. The number of thiophene rings is 1. The molecule has 3 aromatic rings. The Bertz CT molecular complexity index is 861. The number of amides is 1. The third-order valence-corrected chi connectivity index (χ3v) is 4.01. The Labute approximate surface area is 149 Å². The molecule has 0 aliphatic carbocycles. The first-order chi connectivity index (χ1) is 12.4. The van der Waals surface area contributed by atoms with Gasteiger partial charge in [-0.15, -0.1) is 24.5 Å². The average Bonchev–Trinajstić information content (AvgIpc) is 3.24. The second-order valence-corrected chi connectivity index (χ2v) is 6.06. The molecule has 0 unspecified atom stereocenters. The summed E-state index contributed by atoms with van der Waals surface area (Å²) in [5.41, 5.74) is 0.356. The zero-order chi connectivity index (χ0) is 18.6. The van der Waals surface area contributed by atoms with E-state index in [1.54, 1.807) is 0 Å². The average molecular weight is 383 g/mol. The molecule has 6 nitrogen and oxygen atoms in total. The van der Waals surface area contributed by atoms with Crippen molar-refractivity contribution in [2.45, 2.75) is 19.2 Å². The number of nitrogens with zero attached hydrogens (tertiary/aromatic N) is 2. The van der Waals surface area contributed by atoms with Gasteiger partial charge >= 0.3 is 6.36 Å². The van der Waals surface area contributed by atoms with E-state index in [2.05, 4.69) is 20.2 Å². The third-order valence-electron chi connectivity index (χ3n) is 3.15. The van der Waals surface area contributed by atoms with Gasteiger partial charge in [-0.05, 0) is 35.7 Å². The van der Waals surface area contributed by atoms with Crippen LogP contribution in [0.3, 0.4) is 0 Å². The summed E-state index contributed by atoms with van der Waals surface area (Å²) < 4.78 is 45.1. The quantitative estimate of drug-likeness (QED) is 0.688. The van der Waals surface area contributed by atoms with Crippen LogP contribution < -0.4 is 10.1 Å². The maximum absolute atomic E-state index is 12.1. The minimum atomic E-state index is -4.75. The topological polar surface area (TPSA) is 77.2 Å². The summed E-state index contributed by atoms with van der Waals surface area (Å²) in [5.74, 6) is 0.112. The zero-order valence-corrected chi connectivity index (χ0v) is 13.9. The first kappa shape index (κ1) is 17.9. The van der Waals surface area contributed by atoms with Crippen LogP contribution in [-0.4, -0.2) is 22.4 Å². The summed E-state index contributed by atoms with van der Waals surface area (Å²) in [6.07, 6.45) is -4.41. The summed E-state index contributed by atoms with van der Waals surface area (Å²) >= 11 is 1.48. The molecule has 3 rings (SSSR count). The van der Waals surface area contributed by atoms with Crippen LogP contribution in [0, 0.1) is 0 Å². The number of carbonyl (C=O) groups excluding carboxylic acids is 1. The van der Waals surface area contributed by atoms with E-state index < -0.39 is 6.36 Å². The van der Waals surface area contributed by atoms with Crippen molar-refractivity contribution in [1.82, 2.24) is 10.1 Å². The van der Waals surface area contributed by atoms with Gasteiger partial charge in [-0.1, -0.05) is 11.2 Å². The highest BCUT2D eigenvalue weighted by Gasteiger charge is 2.30. The molecule has 0 spiro atoms. The fourth-order valence-electron chi connectivity index (χ4n) is 2.05. The molecule has 0 aliphatic heterocycles. The van der Waals surface area contributed by atoms with E-state index in [0.29, 0.717) is 17.4 Å². The molecule has 0 radical (unpaired) electrons. The molecule has 0 saturated heterocycles. The van der Waals surface area contributed by atoms with E-state index >= 15 is 0 Å². The minimum Gasteiger partial charge on any atom is -0.406 e. The molecular weight excluding hydrogens is 371 g/mol. The number of rotatable bonds is 6. The first-order valence-electron chi connectivity index (χ1n) is 7.41. The molecule has 26 heavy (non-hydrogen) atoms. The van der Waals surface area contributed by atoms with Crippen LogP contribution in [0.5, 0.6) is 5.75 Å². The van der Waals surface area contributed by atoms with Crippen molar-refractivity contribution in [1.29, 1.82) is 0 Å². The lowest BCUT2D eigenvalue weighted by molar-refractivity contribution is -0.274. The van der Waals surface area contributed by atoms with Gasteiger partial charge in [-0.2, -0.15) is 4.98 Å². The molecule has 1 N–H and O–H groups in total. The summed E-state index contributed by atoms with van der Waals surface area (Å²) in [5, 5.41) is 8.31. The second kappa shape index (κ2) is 7.56. The number of benzene rings is 1. The number of aryl methyl sites for hydroxylation is 1. The van der Waals surface area contributed by atoms with Crippen LogP contribution in [0.4, 0.5) is 18.9 Å². The Hall–Kier alpha value is -2.88. The number of nitrogens with one attached hydrogen (secondary N) is 1. The van der Waals surface area contributed by atoms with Crippen LogP contribution in [0.2, 0.25) is 0 Å². The third kappa shape index (κ3) is 5.06. The van der Waals surface area contributed by atoms with Crippen molar-refractivity contribution >= 4 is 22.9 Å². The Morgan fingerprint density at radius 1 is 1.23 bits per heavy atom. The van der Waals surface area contributed by atoms with E-state index in [-0.39, 0.29) is 24.5 Å². The number of halogens is 3. The SMILES string of the molecule is O=C(CCc1nc(-c2cccs2)no1)Nc1ccc(OC(F)(F)F)cc1. The molecule has 0 atom stereocenters. The van der Waals surface area contributed by atoms with Gasteiger partial charge in [0.2, 0.25) is 17.6 Å². The highest BCUT2D eigenvalue weighted by atomic mass is 32.1. The highest BCUT2D eigenvalue weighted by molar-refractivity contribution is 7.13. The second-order valence-electron chi connectivity index (χ2n) is 5.11. The Morgan fingerprint density at radius 3 is 2.65 bits per heavy atom. The van der Waals surface area contributed by atoms with E-state index in [1.807, 2.05) is 17.5 Å². The van der Waals surface area contributed by atoms with Crippen LogP contribution in [0.15, 0.2) is 46.3 Å². The van der Waals surface area contributed by atoms with Crippen LogP contribution >= 0.6 is 11.3 Å². The molecule has 10 heteroatoms. The van der Waals surface area contributed by atoms with Crippen molar-refractivity contribution in [2.75, 3.05) is 5.32 Å². The zero-order valence-electron chi connectivity index (χ0n) is 13.1.